The van der Waals surface area contributed by atoms with E-state index in [1.807, 2.05) is 20.8 Å². The van der Waals surface area contributed by atoms with Gasteiger partial charge in [-0.05, 0) is 52.9 Å². The summed E-state index contributed by atoms with van der Waals surface area (Å²) in [6.45, 7) is 8.36. The molecule has 0 aromatic rings. The molecule has 8 nitrogen and oxygen atoms in total. The van der Waals surface area contributed by atoms with E-state index in [1.165, 1.54) is 0 Å². The third kappa shape index (κ3) is 3.97. The van der Waals surface area contributed by atoms with Gasteiger partial charge in [0.05, 0.1) is 18.1 Å². The van der Waals surface area contributed by atoms with Crippen LogP contribution < -0.4 is 5.32 Å². The number of aliphatic hydroxyl groups excluding tert-OH is 1. The number of carbonyl (C=O) groups is 3. The van der Waals surface area contributed by atoms with E-state index < -0.39 is 35.0 Å². The number of carbonyl (C=O) groups excluding carboxylic acids is 3. The Hall–Kier alpha value is -1.67. The fourth-order valence-corrected chi connectivity index (χ4v) is 5.96. The van der Waals surface area contributed by atoms with Crippen LogP contribution in [0.3, 0.4) is 0 Å². The van der Waals surface area contributed by atoms with Crippen LogP contribution in [0.15, 0.2) is 0 Å². The summed E-state index contributed by atoms with van der Waals surface area (Å²) in [6, 6.07) is -0.804. The van der Waals surface area contributed by atoms with Crippen molar-refractivity contribution in [3.05, 3.63) is 0 Å². The number of esters is 1. The largest absolute Gasteiger partial charge is 0.466 e. The zero-order valence-corrected chi connectivity index (χ0v) is 19.3. The first-order valence-corrected chi connectivity index (χ1v) is 11.9. The maximum atomic E-state index is 13.7. The summed E-state index contributed by atoms with van der Waals surface area (Å²) >= 11 is 0. The number of likely N-dealkylation sites (tertiary alicyclic amines) is 1. The van der Waals surface area contributed by atoms with E-state index in [0.717, 1.165) is 25.7 Å². The van der Waals surface area contributed by atoms with Crippen molar-refractivity contribution < 1.29 is 29.0 Å². The van der Waals surface area contributed by atoms with Crippen molar-refractivity contribution in [1.29, 1.82) is 0 Å². The molecule has 2 unspecified atom stereocenters. The lowest BCUT2D eigenvalue weighted by atomic mass is 9.65. The van der Waals surface area contributed by atoms with Crippen molar-refractivity contribution in [3.8, 4) is 0 Å². The van der Waals surface area contributed by atoms with Crippen LogP contribution in [0.1, 0.15) is 72.6 Å². The normalized spacial score (nSPS) is 33.8. The van der Waals surface area contributed by atoms with Crippen molar-refractivity contribution in [2.45, 2.75) is 95.9 Å². The van der Waals surface area contributed by atoms with E-state index in [1.54, 1.807) is 11.8 Å². The molecule has 3 aliphatic rings. The van der Waals surface area contributed by atoms with E-state index >= 15 is 0 Å². The molecule has 8 heteroatoms. The first kappa shape index (κ1) is 24.0. The second-order valence-electron chi connectivity index (χ2n) is 9.42. The van der Waals surface area contributed by atoms with Gasteiger partial charge in [-0.3, -0.25) is 14.4 Å². The molecule has 3 aliphatic heterocycles. The molecule has 0 aliphatic carbocycles. The van der Waals surface area contributed by atoms with Crippen LogP contribution in [0.5, 0.6) is 0 Å². The number of nitrogens with zero attached hydrogens (tertiary/aromatic N) is 1. The number of hydrogen-bond acceptors (Lipinski definition) is 6. The van der Waals surface area contributed by atoms with Crippen LogP contribution in [0.25, 0.3) is 0 Å². The van der Waals surface area contributed by atoms with Gasteiger partial charge >= 0.3 is 5.97 Å². The Labute approximate surface area is 185 Å². The third-order valence-corrected chi connectivity index (χ3v) is 7.21. The second-order valence-corrected chi connectivity index (χ2v) is 9.42. The topological polar surface area (TPSA) is 105 Å². The molecule has 5 atom stereocenters. The van der Waals surface area contributed by atoms with Gasteiger partial charge in [-0.15, -0.1) is 0 Å². The molecule has 3 rings (SSSR count). The van der Waals surface area contributed by atoms with Crippen LogP contribution in [0, 0.1) is 11.8 Å². The standard InChI is InChI=1S/C23H38N2O6/c1-5-22-11-12-23(31-22)16(17(22)21(29)30-6-2)20(28)25(13-9-7-8-10-14-26)18(23)19(27)24-15(3)4/h15-18,26H,5-14H2,1-4H3,(H,24,27)/t16-,17+,18?,22-,23?/m0/s1. The Balaban J connectivity index is 1.93. The predicted octanol–water partition coefficient (Wildman–Crippen LogP) is 1.78. The minimum Gasteiger partial charge on any atom is -0.466 e. The lowest BCUT2D eigenvalue weighted by Gasteiger charge is -2.34. The molecule has 2 amide bonds. The first-order chi connectivity index (χ1) is 14.8. The Morgan fingerprint density at radius 1 is 1.23 bits per heavy atom. The van der Waals surface area contributed by atoms with Gasteiger partial charge in [0, 0.05) is 19.2 Å². The Bertz CT molecular complexity index is 698. The molecule has 0 radical (unpaired) electrons. The van der Waals surface area contributed by atoms with E-state index in [0.29, 0.717) is 25.8 Å². The second kappa shape index (κ2) is 9.45. The van der Waals surface area contributed by atoms with Crippen LogP contribution in [0.4, 0.5) is 0 Å². The van der Waals surface area contributed by atoms with Crippen molar-refractivity contribution in [1.82, 2.24) is 10.2 Å². The molecule has 1 spiro atoms. The molecular formula is C23H38N2O6. The van der Waals surface area contributed by atoms with Crippen molar-refractivity contribution in [3.63, 3.8) is 0 Å². The molecule has 31 heavy (non-hydrogen) atoms. The number of ether oxygens (including phenoxy) is 2. The van der Waals surface area contributed by atoms with Crippen molar-refractivity contribution >= 4 is 17.8 Å². The smallest absolute Gasteiger partial charge is 0.312 e. The van der Waals surface area contributed by atoms with Crippen LogP contribution >= 0.6 is 0 Å². The van der Waals surface area contributed by atoms with Gasteiger partial charge in [0.2, 0.25) is 11.8 Å². The number of fused-ring (bicyclic) bond motifs is 1. The fraction of sp³-hybridized carbons (Fsp3) is 0.870. The molecule has 3 heterocycles. The first-order valence-electron chi connectivity index (χ1n) is 11.9. The number of unbranched alkanes of at least 4 members (excludes halogenated alkanes) is 3. The van der Waals surface area contributed by atoms with Crippen molar-refractivity contribution in [2.75, 3.05) is 19.8 Å². The highest BCUT2D eigenvalue weighted by Crippen LogP contribution is 2.64. The fourth-order valence-electron chi connectivity index (χ4n) is 5.96. The Morgan fingerprint density at radius 2 is 1.94 bits per heavy atom. The average Bonchev–Trinajstić information content (AvgIpc) is 3.31. The highest BCUT2D eigenvalue weighted by atomic mass is 16.6. The van der Waals surface area contributed by atoms with Gasteiger partial charge in [-0.25, -0.2) is 0 Å². The minimum absolute atomic E-state index is 0.0657. The zero-order chi connectivity index (χ0) is 22.8. The average molecular weight is 439 g/mol. The minimum atomic E-state index is -0.978. The molecule has 0 saturated carbocycles. The highest BCUT2D eigenvalue weighted by Gasteiger charge is 2.78. The lowest BCUT2D eigenvalue weighted by molar-refractivity contribution is -0.160. The molecular weight excluding hydrogens is 400 g/mol. The van der Waals surface area contributed by atoms with Crippen LogP contribution in [-0.2, 0) is 23.9 Å². The van der Waals surface area contributed by atoms with E-state index in [4.69, 9.17) is 14.6 Å². The molecule has 3 fully saturated rings. The number of rotatable bonds is 11. The molecule has 0 aromatic carbocycles. The Morgan fingerprint density at radius 3 is 2.55 bits per heavy atom. The molecule has 2 N–H and O–H groups in total. The summed E-state index contributed by atoms with van der Waals surface area (Å²) in [5.74, 6) is -2.12. The van der Waals surface area contributed by atoms with E-state index in [-0.39, 0.29) is 31.1 Å². The molecule has 2 bridgehead atoms. The highest BCUT2D eigenvalue weighted by molar-refractivity contribution is 5.98. The van der Waals surface area contributed by atoms with Gasteiger partial charge in [-0.2, -0.15) is 0 Å². The lowest BCUT2D eigenvalue weighted by Crippen LogP contribution is -2.56. The van der Waals surface area contributed by atoms with Gasteiger partial charge in [0.1, 0.15) is 17.6 Å². The van der Waals surface area contributed by atoms with Gasteiger partial charge in [0.25, 0.3) is 0 Å². The number of nitrogens with one attached hydrogen (secondary N) is 1. The maximum Gasteiger partial charge on any atom is 0.312 e. The number of hydrogen-bond donors (Lipinski definition) is 2. The summed E-state index contributed by atoms with van der Waals surface area (Å²) in [5, 5.41) is 12.0. The van der Waals surface area contributed by atoms with Gasteiger partial charge in [0.15, 0.2) is 0 Å². The number of aliphatic hydroxyl groups is 1. The third-order valence-electron chi connectivity index (χ3n) is 7.21. The monoisotopic (exact) mass is 438 g/mol. The zero-order valence-electron chi connectivity index (χ0n) is 19.3. The summed E-state index contributed by atoms with van der Waals surface area (Å²) in [6.07, 6.45) is 5.03. The van der Waals surface area contributed by atoms with Crippen LogP contribution in [0.2, 0.25) is 0 Å². The summed E-state index contributed by atoms with van der Waals surface area (Å²) in [4.78, 5) is 41.7. The van der Waals surface area contributed by atoms with Crippen molar-refractivity contribution in [2.24, 2.45) is 11.8 Å². The maximum absolute atomic E-state index is 13.7. The predicted molar refractivity (Wildman–Crippen MR) is 114 cm³/mol. The van der Waals surface area contributed by atoms with Crippen LogP contribution in [-0.4, -0.2) is 70.8 Å². The summed E-state index contributed by atoms with van der Waals surface area (Å²) in [5.41, 5.74) is -1.72. The summed E-state index contributed by atoms with van der Waals surface area (Å²) in [7, 11) is 0. The van der Waals surface area contributed by atoms with Gasteiger partial charge < -0.3 is 24.8 Å². The molecule has 0 aromatic heterocycles. The quantitative estimate of drug-likeness (QED) is 0.376. The Kier molecular flexibility index (Phi) is 7.31. The van der Waals surface area contributed by atoms with Gasteiger partial charge in [-0.1, -0.05) is 19.8 Å². The SMILES string of the molecule is CCOC(=O)[C@H]1[C@H]2C(=O)N(CCCCCCO)C(C(=O)NC(C)C)C23CC[C@]1(CC)O3. The van der Waals surface area contributed by atoms with E-state index in [9.17, 15) is 14.4 Å². The van der Waals surface area contributed by atoms with E-state index in [2.05, 4.69) is 5.32 Å². The summed E-state index contributed by atoms with van der Waals surface area (Å²) < 4.78 is 12.0. The molecule has 3 saturated heterocycles. The number of amides is 2. The molecule has 176 valence electrons.